The van der Waals surface area contributed by atoms with Crippen LogP contribution in [0.4, 0.5) is 0 Å². The molecule has 0 unspecified atom stereocenters. The van der Waals surface area contributed by atoms with E-state index in [1.807, 2.05) is 6.92 Å². The fraction of sp³-hybridized carbons (Fsp3) is 0.625. The molecule has 6 heteroatoms. The summed E-state index contributed by atoms with van der Waals surface area (Å²) in [6.07, 6.45) is 6.01. The normalized spacial score (nSPS) is 11.6. The Kier molecular flexibility index (Phi) is 10.1. The first-order valence-corrected chi connectivity index (χ1v) is 4.15. The molecule has 0 heterocycles. The van der Waals surface area contributed by atoms with Gasteiger partial charge >= 0.3 is 0 Å². The lowest BCUT2D eigenvalue weighted by Gasteiger charge is -1.91. The Bertz CT molecular complexity index is 192. The first kappa shape index (κ1) is 12.4. The van der Waals surface area contributed by atoms with Crippen molar-refractivity contribution in [3.63, 3.8) is 0 Å². The summed E-state index contributed by atoms with van der Waals surface area (Å²) in [5, 5.41) is 10.5. The van der Waals surface area contributed by atoms with Gasteiger partial charge in [-0.2, -0.15) is 0 Å². The van der Waals surface area contributed by atoms with Gasteiger partial charge in [0.25, 0.3) is 0 Å². The van der Waals surface area contributed by atoms with Gasteiger partial charge in [-0.3, -0.25) is 0 Å². The quantitative estimate of drug-likeness (QED) is 0.332. The van der Waals surface area contributed by atoms with E-state index in [0.717, 1.165) is 0 Å². The van der Waals surface area contributed by atoms with E-state index < -0.39 is 0 Å². The van der Waals surface area contributed by atoms with E-state index in [1.54, 1.807) is 0 Å². The van der Waals surface area contributed by atoms with Crippen molar-refractivity contribution in [2.75, 3.05) is 20.3 Å². The highest BCUT2D eigenvalue weighted by Gasteiger charge is 1.78. The summed E-state index contributed by atoms with van der Waals surface area (Å²) in [5.74, 6) is 0. The van der Waals surface area contributed by atoms with E-state index in [9.17, 15) is 0 Å². The lowest BCUT2D eigenvalue weighted by molar-refractivity contribution is 0.150. The molecule has 0 saturated carbocycles. The molecule has 6 nitrogen and oxygen atoms in total. The Morgan fingerprint density at radius 3 is 2.79 bits per heavy atom. The minimum Gasteiger partial charge on any atom is -0.399 e. The van der Waals surface area contributed by atoms with Crippen LogP contribution in [0.3, 0.4) is 0 Å². The second-order valence-corrected chi connectivity index (χ2v) is 1.93. The van der Waals surface area contributed by atoms with Crippen LogP contribution in [-0.2, 0) is 14.5 Å². The first-order chi connectivity index (χ1) is 6.91. The lowest BCUT2D eigenvalue weighted by Crippen LogP contribution is -1.91. The minimum absolute atomic E-state index is 0.258. The maximum atomic E-state index is 4.74. The van der Waals surface area contributed by atoms with Gasteiger partial charge in [-0.05, 0) is 6.92 Å². The van der Waals surface area contributed by atoms with Crippen molar-refractivity contribution in [1.82, 2.24) is 0 Å². The average molecular weight is 200 g/mol. The number of oxime groups is 2. The van der Waals surface area contributed by atoms with E-state index in [1.165, 1.54) is 19.5 Å². The van der Waals surface area contributed by atoms with E-state index in [0.29, 0.717) is 13.0 Å². The zero-order valence-electron chi connectivity index (χ0n) is 8.34. The highest BCUT2D eigenvalue weighted by atomic mass is 16.6. The smallest absolute Gasteiger partial charge is 0.155 e. The van der Waals surface area contributed by atoms with E-state index in [2.05, 4.69) is 31.4 Å². The molecule has 0 saturated heterocycles. The molecule has 0 aromatic carbocycles. The van der Waals surface area contributed by atoms with Gasteiger partial charge in [0.15, 0.2) is 6.61 Å². The minimum atomic E-state index is 0.258. The van der Waals surface area contributed by atoms with Crippen molar-refractivity contribution in [1.29, 1.82) is 0 Å². The van der Waals surface area contributed by atoms with Gasteiger partial charge in [0.2, 0.25) is 0 Å². The summed E-state index contributed by atoms with van der Waals surface area (Å²) in [4.78, 5) is 13.8. The van der Waals surface area contributed by atoms with Crippen molar-refractivity contribution in [3.8, 4) is 0 Å². The van der Waals surface area contributed by atoms with Crippen molar-refractivity contribution in [2.24, 2.45) is 15.5 Å². The molecule has 0 aromatic heterocycles. The molecule has 14 heavy (non-hydrogen) atoms. The van der Waals surface area contributed by atoms with Crippen molar-refractivity contribution in [3.05, 3.63) is 0 Å². The molecule has 0 aliphatic heterocycles. The molecular formula is C8H14N3O3. The third-order valence-electron chi connectivity index (χ3n) is 0.919. The SMILES string of the molecule is CCON=CCO/N=[C]/CC=NOC. The molecule has 79 valence electrons. The van der Waals surface area contributed by atoms with Crippen molar-refractivity contribution in [2.45, 2.75) is 13.3 Å². The summed E-state index contributed by atoms with van der Waals surface area (Å²) in [6.45, 7) is 2.65. The highest BCUT2D eigenvalue weighted by molar-refractivity contribution is 5.78. The maximum absolute atomic E-state index is 4.74. The first-order valence-electron chi connectivity index (χ1n) is 4.15. The van der Waals surface area contributed by atoms with Crippen LogP contribution in [-0.4, -0.2) is 39.0 Å². The Morgan fingerprint density at radius 1 is 1.21 bits per heavy atom. The van der Waals surface area contributed by atoms with Gasteiger partial charge in [0, 0.05) is 12.6 Å². The molecular weight excluding hydrogens is 186 g/mol. The maximum Gasteiger partial charge on any atom is 0.155 e. The number of hydrogen-bond acceptors (Lipinski definition) is 6. The molecule has 0 N–H and O–H groups in total. The third kappa shape index (κ3) is 10.4. The van der Waals surface area contributed by atoms with E-state index >= 15 is 0 Å². The molecule has 0 aliphatic carbocycles. The number of nitrogens with zero attached hydrogens (tertiary/aromatic N) is 3. The Balaban J connectivity index is 3.22. The standard InChI is InChI=1S/C8H14N3O3/c1-3-13-11-7-8-14-10-6-4-5-9-12-2/h5,7H,3-4,8H2,1-2H3. The third-order valence-corrected chi connectivity index (χ3v) is 0.919. The van der Waals surface area contributed by atoms with Gasteiger partial charge in [-0.1, -0.05) is 15.5 Å². The monoisotopic (exact) mass is 200 g/mol. The van der Waals surface area contributed by atoms with Crippen LogP contribution < -0.4 is 0 Å². The number of rotatable bonds is 8. The van der Waals surface area contributed by atoms with Crippen LogP contribution in [0.1, 0.15) is 13.3 Å². The van der Waals surface area contributed by atoms with Crippen molar-refractivity contribution >= 4 is 18.6 Å². The summed E-state index contributed by atoms with van der Waals surface area (Å²) < 4.78 is 0. The van der Waals surface area contributed by atoms with Crippen LogP contribution in [0.25, 0.3) is 0 Å². The van der Waals surface area contributed by atoms with Crippen LogP contribution in [0.2, 0.25) is 0 Å². The number of hydrogen-bond donors (Lipinski definition) is 0. The predicted molar refractivity (Wildman–Crippen MR) is 53.6 cm³/mol. The van der Waals surface area contributed by atoms with Gasteiger partial charge in [-0.25, -0.2) is 0 Å². The van der Waals surface area contributed by atoms with Crippen LogP contribution in [0.5, 0.6) is 0 Å². The van der Waals surface area contributed by atoms with Gasteiger partial charge in [0.05, 0.1) is 6.21 Å². The fourth-order valence-corrected chi connectivity index (χ4v) is 0.464. The van der Waals surface area contributed by atoms with Crippen LogP contribution in [0, 0.1) is 0 Å². The Morgan fingerprint density at radius 2 is 2.07 bits per heavy atom. The van der Waals surface area contributed by atoms with Crippen LogP contribution >= 0.6 is 0 Å². The Hall–Kier alpha value is -1.59. The molecule has 0 fully saturated rings. The average Bonchev–Trinajstić information content (AvgIpc) is 2.21. The summed E-state index contributed by atoms with van der Waals surface area (Å²) >= 11 is 0. The molecule has 0 aliphatic rings. The van der Waals surface area contributed by atoms with E-state index in [-0.39, 0.29) is 6.61 Å². The zero-order valence-corrected chi connectivity index (χ0v) is 8.34. The Labute approximate surface area is 83.2 Å². The van der Waals surface area contributed by atoms with Gasteiger partial charge < -0.3 is 14.5 Å². The molecule has 0 spiro atoms. The summed E-state index contributed by atoms with van der Waals surface area (Å²) in [7, 11) is 1.47. The fourth-order valence-electron chi connectivity index (χ4n) is 0.464. The second-order valence-electron chi connectivity index (χ2n) is 1.93. The molecule has 1 radical (unpaired) electrons. The predicted octanol–water partition coefficient (Wildman–Crippen LogP) is 0.910. The molecule has 0 bridgehead atoms. The van der Waals surface area contributed by atoms with Crippen molar-refractivity contribution < 1.29 is 14.5 Å². The van der Waals surface area contributed by atoms with E-state index in [4.69, 9.17) is 4.84 Å². The second kappa shape index (κ2) is 11.4. The molecule has 0 aromatic rings. The molecule has 0 rings (SSSR count). The van der Waals surface area contributed by atoms with Gasteiger partial charge in [0.1, 0.15) is 19.9 Å². The zero-order chi connectivity index (χ0) is 10.5. The molecule has 0 amide bonds. The molecule has 0 atom stereocenters. The van der Waals surface area contributed by atoms with Crippen LogP contribution in [0.15, 0.2) is 15.5 Å². The summed E-state index contributed by atoms with van der Waals surface area (Å²) in [5.41, 5.74) is 0. The lowest BCUT2D eigenvalue weighted by atomic mass is 10.5. The van der Waals surface area contributed by atoms with Gasteiger partial charge in [-0.15, -0.1) is 0 Å². The highest BCUT2D eigenvalue weighted by Crippen LogP contribution is 1.77. The summed E-state index contributed by atoms with van der Waals surface area (Å²) in [6, 6.07) is 0. The largest absolute Gasteiger partial charge is 0.399 e. The topological polar surface area (TPSA) is 64.8 Å².